The highest BCUT2D eigenvalue weighted by Gasteiger charge is 2.29. The van der Waals surface area contributed by atoms with E-state index in [1.165, 1.54) is 13.0 Å². The van der Waals surface area contributed by atoms with Crippen LogP contribution in [0, 0.1) is 13.3 Å². The highest BCUT2D eigenvalue weighted by molar-refractivity contribution is 6.34. The van der Waals surface area contributed by atoms with Crippen molar-refractivity contribution in [3.63, 3.8) is 0 Å². The molecule has 0 saturated carbocycles. The van der Waals surface area contributed by atoms with Gasteiger partial charge in [-0.05, 0) is 24.1 Å². The first-order valence-corrected chi connectivity index (χ1v) is 4.61. The molecule has 0 bridgehead atoms. The molecule has 0 saturated heterocycles. The van der Waals surface area contributed by atoms with Crippen LogP contribution in [0.3, 0.4) is 0 Å². The van der Waals surface area contributed by atoms with Crippen molar-refractivity contribution in [3.8, 4) is 0 Å². The molecular weight excluding hydrogens is 243 g/mol. The SMILES string of the molecule is Cc1cc([CH]C(F)(F)F)cc(C(N)=O)c1Cl. The first kappa shape index (κ1) is 12.8. The van der Waals surface area contributed by atoms with Crippen molar-refractivity contribution in [1.29, 1.82) is 0 Å². The van der Waals surface area contributed by atoms with Crippen molar-refractivity contribution in [1.82, 2.24) is 0 Å². The van der Waals surface area contributed by atoms with Gasteiger partial charge in [-0.2, -0.15) is 13.2 Å². The van der Waals surface area contributed by atoms with E-state index in [4.69, 9.17) is 17.3 Å². The summed E-state index contributed by atoms with van der Waals surface area (Å²) in [5.74, 6) is -0.856. The van der Waals surface area contributed by atoms with Gasteiger partial charge >= 0.3 is 6.18 Å². The lowest BCUT2D eigenvalue weighted by Crippen LogP contribution is -2.14. The van der Waals surface area contributed by atoms with Crippen LogP contribution in [0.25, 0.3) is 0 Å². The topological polar surface area (TPSA) is 43.1 Å². The summed E-state index contributed by atoms with van der Waals surface area (Å²) < 4.78 is 36.3. The second kappa shape index (κ2) is 4.33. The van der Waals surface area contributed by atoms with Crippen LogP contribution in [0.4, 0.5) is 13.2 Å². The Hall–Kier alpha value is -1.23. The molecule has 1 radical (unpaired) electrons. The average molecular weight is 251 g/mol. The fourth-order valence-electron chi connectivity index (χ4n) is 1.25. The van der Waals surface area contributed by atoms with Crippen molar-refractivity contribution in [2.24, 2.45) is 5.73 Å². The van der Waals surface area contributed by atoms with Crippen LogP contribution in [-0.2, 0) is 0 Å². The van der Waals surface area contributed by atoms with Crippen molar-refractivity contribution in [3.05, 3.63) is 40.3 Å². The van der Waals surface area contributed by atoms with Crippen LogP contribution in [-0.4, -0.2) is 12.1 Å². The molecule has 87 valence electrons. The maximum absolute atomic E-state index is 12.1. The van der Waals surface area contributed by atoms with Crippen molar-refractivity contribution < 1.29 is 18.0 Å². The number of carbonyl (C=O) groups is 1. The minimum absolute atomic E-state index is 0.0758. The molecule has 6 heteroatoms. The Bertz CT molecular complexity index is 429. The number of hydrogen-bond donors (Lipinski definition) is 1. The summed E-state index contributed by atoms with van der Waals surface area (Å²) in [5, 5.41) is 0.0758. The third-order valence-electron chi connectivity index (χ3n) is 1.87. The highest BCUT2D eigenvalue weighted by atomic mass is 35.5. The number of carbonyl (C=O) groups excluding carboxylic acids is 1. The largest absolute Gasteiger partial charge is 0.396 e. The van der Waals surface area contributed by atoms with Gasteiger partial charge in [0.05, 0.1) is 17.0 Å². The first-order chi connectivity index (χ1) is 7.20. The van der Waals surface area contributed by atoms with Gasteiger partial charge in [-0.1, -0.05) is 17.7 Å². The number of hydrogen-bond acceptors (Lipinski definition) is 1. The van der Waals surface area contributed by atoms with Crippen LogP contribution in [0.15, 0.2) is 12.1 Å². The summed E-state index contributed by atoms with van der Waals surface area (Å²) in [4.78, 5) is 10.9. The number of aryl methyl sites for hydroxylation is 1. The van der Waals surface area contributed by atoms with Crippen LogP contribution >= 0.6 is 11.6 Å². The predicted molar refractivity (Wildman–Crippen MR) is 54.2 cm³/mol. The van der Waals surface area contributed by atoms with Crippen molar-refractivity contribution in [2.75, 3.05) is 0 Å². The fourth-order valence-corrected chi connectivity index (χ4v) is 1.45. The van der Waals surface area contributed by atoms with Gasteiger partial charge in [-0.15, -0.1) is 0 Å². The molecule has 16 heavy (non-hydrogen) atoms. The molecular formula is C10H8ClF3NO. The van der Waals surface area contributed by atoms with Crippen LogP contribution in [0.2, 0.25) is 5.02 Å². The molecule has 0 spiro atoms. The maximum Gasteiger partial charge on any atom is 0.396 e. The Labute approximate surface area is 95.2 Å². The summed E-state index contributed by atoms with van der Waals surface area (Å²) in [5.41, 5.74) is 5.10. The zero-order chi connectivity index (χ0) is 12.5. The van der Waals surface area contributed by atoms with Crippen LogP contribution < -0.4 is 5.73 Å². The maximum atomic E-state index is 12.1. The summed E-state index contributed by atoms with van der Waals surface area (Å²) in [7, 11) is 0. The quantitative estimate of drug-likeness (QED) is 0.862. The molecule has 0 atom stereocenters. The number of nitrogens with two attached hydrogens (primary N) is 1. The van der Waals surface area contributed by atoms with E-state index in [9.17, 15) is 18.0 Å². The Morgan fingerprint density at radius 1 is 1.44 bits per heavy atom. The van der Waals surface area contributed by atoms with Gasteiger partial charge in [-0.25, -0.2) is 0 Å². The Morgan fingerprint density at radius 3 is 2.44 bits per heavy atom. The molecule has 1 amide bonds. The molecule has 1 aromatic rings. The second-order valence-electron chi connectivity index (χ2n) is 3.25. The monoisotopic (exact) mass is 250 g/mol. The van der Waals surface area contributed by atoms with Gasteiger partial charge in [0.25, 0.3) is 0 Å². The summed E-state index contributed by atoms with van der Waals surface area (Å²) in [6.45, 7) is 1.50. The number of benzene rings is 1. The normalized spacial score (nSPS) is 11.6. The number of amides is 1. The van der Waals surface area contributed by atoms with Gasteiger partial charge in [-0.3, -0.25) is 4.79 Å². The fraction of sp³-hybridized carbons (Fsp3) is 0.200. The standard InChI is InChI=1S/C10H8ClF3NO/c1-5-2-6(4-10(12,13)14)3-7(8(5)11)9(15)16/h2-4H,1H3,(H2,15,16). The minimum Gasteiger partial charge on any atom is -0.366 e. The van der Waals surface area contributed by atoms with Crippen molar-refractivity contribution in [2.45, 2.75) is 13.1 Å². The molecule has 0 aliphatic rings. The Balaban J connectivity index is 3.19. The molecule has 2 nitrogen and oxygen atoms in total. The molecule has 0 aliphatic carbocycles. The molecule has 2 N–H and O–H groups in total. The van der Waals surface area contributed by atoms with E-state index in [2.05, 4.69) is 0 Å². The zero-order valence-electron chi connectivity index (χ0n) is 8.23. The van der Waals surface area contributed by atoms with E-state index in [-0.39, 0.29) is 22.6 Å². The van der Waals surface area contributed by atoms with Gasteiger partial charge < -0.3 is 5.73 Å². The van der Waals surface area contributed by atoms with Gasteiger partial charge in [0, 0.05) is 0 Å². The number of halogens is 4. The zero-order valence-corrected chi connectivity index (χ0v) is 8.99. The highest BCUT2D eigenvalue weighted by Crippen LogP contribution is 2.28. The molecule has 0 fully saturated rings. The van der Waals surface area contributed by atoms with E-state index in [1.54, 1.807) is 0 Å². The third kappa shape index (κ3) is 3.13. The van der Waals surface area contributed by atoms with E-state index in [1.807, 2.05) is 0 Å². The molecule has 1 rings (SSSR count). The van der Waals surface area contributed by atoms with Gasteiger partial charge in [0.2, 0.25) is 5.91 Å². The summed E-state index contributed by atoms with van der Waals surface area (Å²) >= 11 is 5.74. The van der Waals surface area contributed by atoms with E-state index < -0.39 is 12.1 Å². The van der Waals surface area contributed by atoms with E-state index in [0.29, 0.717) is 5.56 Å². The minimum atomic E-state index is -4.45. The smallest absolute Gasteiger partial charge is 0.366 e. The van der Waals surface area contributed by atoms with Gasteiger partial charge in [0.15, 0.2) is 0 Å². The predicted octanol–water partition coefficient (Wildman–Crippen LogP) is 2.86. The van der Waals surface area contributed by atoms with Crippen LogP contribution in [0.1, 0.15) is 21.5 Å². The molecule has 1 aromatic carbocycles. The molecule has 0 heterocycles. The van der Waals surface area contributed by atoms with Crippen LogP contribution in [0.5, 0.6) is 0 Å². The number of alkyl halides is 3. The summed E-state index contributed by atoms with van der Waals surface area (Å²) in [6, 6.07) is 2.26. The van der Waals surface area contributed by atoms with E-state index in [0.717, 1.165) is 6.07 Å². The lowest BCUT2D eigenvalue weighted by molar-refractivity contribution is -0.0927. The number of primary amides is 1. The Morgan fingerprint density at radius 2 is 2.00 bits per heavy atom. The second-order valence-corrected chi connectivity index (χ2v) is 3.63. The lowest BCUT2D eigenvalue weighted by Gasteiger charge is -2.10. The Kier molecular flexibility index (Phi) is 3.48. The first-order valence-electron chi connectivity index (χ1n) is 4.23. The third-order valence-corrected chi connectivity index (χ3v) is 2.37. The van der Waals surface area contributed by atoms with Crippen molar-refractivity contribution >= 4 is 17.5 Å². The van der Waals surface area contributed by atoms with E-state index >= 15 is 0 Å². The molecule has 0 unspecified atom stereocenters. The molecule has 0 aliphatic heterocycles. The average Bonchev–Trinajstić information content (AvgIpc) is 2.07. The molecule has 0 aromatic heterocycles. The van der Waals surface area contributed by atoms with Gasteiger partial charge in [0.1, 0.15) is 0 Å². The lowest BCUT2D eigenvalue weighted by atomic mass is 10.0. The number of rotatable bonds is 2. The summed E-state index contributed by atoms with van der Waals surface area (Å²) in [6.07, 6.45) is -4.36.